The second-order valence-corrected chi connectivity index (χ2v) is 6.60. The lowest BCUT2D eigenvalue weighted by Crippen LogP contribution is -2.13. The van der Waals surface area contributed by atoms with Crippen LogP contribution in [0.1, 0.15) is 5.56 Å². The molecule has 0 amide bonds. The molecule has 2 aromatic rings. The smallest absolute Gasteiger partial charge is 0.328 e. The zero-order valence-corrected chi connectivity index (χ0v) is 14.4. The lowest BCUT2D eigenvalue weighted by molar-refractivity contribution is -0.131. The van der Waals surface area contributed by atoms with Gasteiger partial charge in [-0.25, -0.2) is 13.2 Å². The summed E-state index contributed by atoms with van der Waals surface area (Å²) in [4.78, 5) is 10.6. The number of rotatable bonds is 7. The maximum Gasteiger partial charge on any atom is 0.328 e. The zero-order chi connectivity index (χ0) is 18.4. The van der Waals surface area contributed by atoms with Gasteiger partial charge in [0, 0.05) is 17.8 Å². The average Bonchev–Trinajstić information content (AvgIpc) is 2.59. The molecule has 0 aliphatic carbocycles. The maximum atomic E-state index is 12.5. The van der Waals surface area contributed by atoms with Gasteiger partial charge >= 0.3 is 5.97 Å². The Kier molecular flexibility index (Phi) is 5.66. The summed E-state index contributed by atoms with van der Waals surface area (Å²) in [5.41, 5.74) is 0.859. The molecule has 0 heterocycles. The van der Waals surface area contributed by atoms with Gasteiger partial charge in [0.25, 0.3) is 10.0 Å². The van der Waals surface area contributed by atoms with Crippen LogP contribution in [-0.2, 0) is 14.8 Å². The second kappa shape index (κ2) is 7.71. The highest BCUT2D eigenvalue weighted by Gasteiger charge is 2.17. The molecule has 132 valence electrons. The summed E-state index contributed by atoms with van der Waals surface area (Å²) in [7, 11) is -0.970. The Morgan fingerprint density at radius 2 is 1.80 bits per heavy atom. The molecule has 0 aromatic heterocycles. The summed E-state index contributed by atoms with van der Waals surface area (Å²) in [6.07, 6.45) is 2.35. The maximum absolute atomic E-state index is 12.5. The van der Waals surface area contributed by atoms with Crippen LogP contribution in [0.25, 0.3) is 6.08 Å². The Labute approximate surface area is 145 Å². The molecule has 2 N–H and O–H groups in total. The molecule has 2 rings (SSSR count). The van der Waals surface area contributed by atoms with Gasteiger partial charge < -0.3 is 14.6 Å². The fourth-order valence-electron chi connectivity index (χ4n) is 2.07. The summed E-state index contributed by atoms with van der Waals surface area (Å²) in [6.45, 7) is 0. The van der Waals surface area contributed by atoms with Gasteiger partial charge in [-0.05, 0) is 35.9 Å². The number of carboxylic acids is 1. The molecular weight excluding hydrogens is 346 g/mol. The molecule has 0 bridgehead atoms. The topological polar surface area (TPSA) is 102 Å². The van der Waals surface area contributed by atoms with E-state index in [0.29, 0.717) is 22.7 Å². The lowest BCUT2D eigenvalue weighted by atomic mass is 10.2. The first-order valence-electron chi connectivity index (χ1n) is 7.11. The van der Waals surface area contributed by atoms with Gasteiger partial charge in [-0.2, -0.15) is 0 Å². The standard InChI is InChI=1S/C17H17NO6S/c1-23-15-8-7-14(11-16(15)24-2)25(21,22)18-13-5-3-4-12(10-13)6-9-17(19)20/h3-11,18H,1-2H3,(H,19,20)/b9-6+. The van der Waals surface area contributed by atoms with Gasteiger partial charge in [0.05, 0.1) is 19.1 Å². The van der Waals surface area contributed by atoms with Gasteiger partial charge in [0.15, 0.2) is 11.5 Å². The number of hydrogen-bond donors (Lipinski definition) is 2. The summed E-state index contributed by atoms with van der Waals surface area (Å²) >= 11 is 0. The van der Waals surface area contributed by atoms with Crippen molar-refractivity contribution in [1.82, 2.24) is 0 Å². The van der Waals surface area contributed by atoms with E-state index in [2.05, 4.69) is 4.72 Å². The van der Waals surface area contributed by atoms with Crippen LogP contribution in [0.15, 0.2) is 53.4 Å². The molecule has 0 spiro atoms. The number of ether oxygens (including phenoxy) is 2. The normalized spacial score (nSPS) is 11.3. The largest absolute Gasteiger partial charge is 0.493 e. The third-order valence-electron chi connectivity index (χ3n) is 3.22. The third kappa shape index (κ3) is 4.74. The van der Waals surface area contributed by atoms with Crippen LogP contribution in [0.4, 0.5) is 5.69 Å². The van der Waals surface area contributed by atoms with E-state index in [1.807, 2.05) is 0 Å². The Bertz CT molecular complexity index is 905. The molecule has 0 atom stereocenters. The van der Waals surface area contributed by atoms with E-state index in [-0.39, 0.29) is 4.90 Å². The van der Waals surface area contributed by atoms with Crippen molar-refractivity contribution in [2.24, 2.45) is 0 Å². The fraction of sp³-hybridized carbons (Fsp3) is 0.118. The molecule has 7 nitrogen and oxygen atoms in total. The van der Waals surface area contributed by atoms with Crippen LogP contribution in [-0.4, -0.2) is 33.7 Å². The molecule has 0 fully saturated rings. The van der Waals surface area contributed by atoms with Gasteiger partial charge in [0.1, 0.15) is 0 Å². The van der Waals surface area contributed by atoms with E-state index >= 15 is 0 Å². The van der Waals surface area contributed by atoms with Crippen LogP contribution >= 0.6 is 0 Å². The van der Waals surface area contributed by atoms with Gasteiger partial charge in [-0.3, -0.25) is 4.72 Å². The predicted octanol–water partition coefficient (Wildman–Crippen LogP) is 2.60. The van der Waals surface area contributed by atoms with Crippen molar-refractivity contribution >= 4 is 27.8 Å². The highest BCUT2D eigenvalue weighted by Crippen LogP contribution is 2.30. The predicted molar refractivity (Wildman–Crippen MR) is 93.5 cm³/mol. The van der Waals surface area contributed by atoms with Crippen molar-refractivity contribution in [2.75, 3.05) is 18.9 Å². The van der Waals surface area contributed by atoms with Crippen LogP contribution in [0.3, 0.4) is 0 Å². The van der Waals surface area contributed by atoms with Crippen LogP contribution in [0.5, 0.6) is 11.5 Å². The number of hydrogen-bond acceptors (Lipinski definition) is 5. The van der Waals surface area contributed by atoms with Gasteiger partial charge in [-0.1, -0.05) is 12.1 Å². The number of nitrogens with one attached hydrogen (secondary N) is 1. The van der Waals surface area contributed by atoms with Crippen molar-refractivity contribution in [1.29, 1.82) is 0 Å². The number of benzene rings is 2. The summed E-state index contributed by atoms with van der Waals surface area (Å²) < 4.78 is 37.7. The minimum atomic E-state index is -3.84. The summed E-state index contributed by atoms with van der Waals surface area (Å²) in [5.74, 6) is -0.373. The van der Waals surface area contributed by atoms with E-state index in [1.54, 1.807) is 18.2 Å². The quantitative estimate of drug-likeness (QED) is 0.733. The molecular formula is C17H17NO6S. The molecule has 2 aromatic carbocycles. The Morgan fingerprint density at radius 3 is 2.44 bits per heavy atom. The van der Waals surface area contributed by atoms with E-state index < -0.39 is 16.0 Å². The van der Waals surface area contributed by atoms with E-state index in [4.69, 9.17) is 14.6 Å². The average molecular weight is 363 g/mol. The Hall–Kier alpha value is -3.00. The number of anilines is 1. The first kappa shape index (κ1) is 18.3. The number of aliphatic carboxylic acids is 1. The van der Waals surface area contributed by atoms with Crippen molar-refractivity contribution < 1.29 is 27.8 Å². The number of carboxylic acid groups (broad SMARTS) is 1. The molecule has 0 saturated carbocycles. The Morgan fingerprint density at radius 1 is 1.08 bits per heavy atom. The summed E-state index contributed by atoms with van der Waals surface area (Å²) in [5, 5.41) is 8.65. The van der Waals surface area contributed by atoms with Crippen molar-refractivity contribution in [3.8, 4) is 11.5 Å². The first-order chi connectivity index (χ1) is 11.9. The second-order valence-electron chi connectivity index (χ2n) is 4.92. The number of methoxy groups -OCH3 is 2. The molecule has 0 saturated heterocycles. The minimum Gasteiger partial charge on any atom is -0.493 e. The Balaban J connectivity index is 2.30. The van der Waals surface area contributed by atoms with E-state index in [1.165, 1.54) is 44.6 Å². The van der Waals surface area contributed by atoms with Crippen molar-refractivity contribution in [3.05, 3.63) is 54.1 Å². The molecule has 0 aliphatic rings. The molecule has 0 radical (unpaired) electrons. The summed E-state index contributed by atoms with van der Waals surface area (Å²) in [6, 6.07) is 10.6. The molecule has 0 aliphatic heterocycles. The van der Waals surface area contributed by atoms with Crippen molar-refractivity contribution in [2.45, 2.75) is 4.90 Å². The van der Waals surface area contributed by atoms with Crippen LogP contribution in [0.2, 0.25) is 0 Å². The van der Waals surface area contributed by atoms with Gasteiger partial charge in [-0.15, -0.1) is 0 Å². The van der Waals surface area contributed by atoms with Crippen molar-refractivity contribution in [3.63, 3.8) is 0 Å². The van der Waals surface area contributed by atoms with Crippen LogP contribution < -0.4 is 14.2 Å². The SMILES string of the molecule is COc1ccc(S(=O)(=O)Nc2cccc(/C=C/C(=O)O)c2)cc1OC. The minimum absolute atomic E-state index is 0.0108. The monoisotopic (exact) mass is 363 g/mol. The number of sulfonamides is 1. The zero-order valence-electron chi connectivity index (χ0n) is 13.6. The van der Waals surface area contributed by atoms with E-state index in [9.17, 15) is 13.2 Å². The highest BCUT2D eigenvalue weighted by atomic mass is 32.2. The van der Waals surface area contributed by atoms with E-state index in [0.717, 1.165) is 6.08 Å². The first-order valence-corrected chi connectivity index (χ1v) is 8.60. The molecule has 8 heteroatoms. The third-order valence-corrected chi connectivity index (χ3v) is 4.60. The van der Waals surface area contributed by atoms with Gasteiger partial charge in [0.2, 0.25) is 0 Å². The fourth-order valence-corrected chi connectivity index (χ4v) is 3.14. The van der Waals surface area contributed by atoms with Crippen LogP contribution in [0, 0.1) is 0 Å². The highest BCUT2D eigenvalue weighted by molar-refractivity contribution is 7.92. The molecule has 0 unspecified atom stereocenters. The lowest BCUT2D eigenvalue weighted by Gasteiger charge is -2.12. The molecule has 25 heavy (non-hydrogen) atoms. The number of carbonyl (C=O) groups is 1.